The van der Waals surface area contributed by atoms with Gasteiger partial charge in [0.05, 0.1) is 19.8 Å². The molecule has 2 atom stereocenters. The van der Waals surface area contributed by atoms with Crippen molar-refractivity contribution in [1.29, 1.82) is 0 Å². The first-order valence-electron chi connectivity index (χ1n) is 9.13. The lowest BCUT2D eigenvalue weighted by Gasteiger charge is -2.41. The zero-order chi connectivity index (χ0) is 17.9. The number of methoxy groups -OCH3 is 1. The van der Waals surface area contributed by atoms with E-state index in [0.717, 1.165) is 12.1 Å². The molecule has 5 nitrogen and oxygen atoms in total. The summed E-state index contributed by atoms with van der Waals surface area (Å²) in [5.41, 5.74) is 1.85. The topological polar surface area (TPSA) is 50.8 Å². The standard InChI is InChI=1S/C21H24N2O3/c1-25-18-9-5-8-16(14-18)22-21(24)20-19(15-6-3-2-4-7-15)23(12-13-26-20)17-10-11-17/h2-9,14,17,19-20H,10-13H2,1H3,(H,22,24)/t19-,20+/m0/s1. The van der Waals surface area contributed by atoms with Crippen molar-refractivity contribution in [2.24, 2.45) is 0 Å². The Hall–Kier alpha value is -2.37. The van der Waals surface area contributed by atoms with E-state index in [1.165, 1.54) is 12.8 Å². The van der Waals surface area contributed by atoms with Crippen LogP contribution in [0.15, 0.2) is 54.6 Å². The van der Waals surface area contributed by atoms with Crippen LogP contribution in [0.5, 0.6) is 5.75 Å². The Morgan fingerprint density at radius 2 is 1.96 bits per heavy atom. The number of hydrogen-bond acceptors (Lipinski definition) is 4. The monoisotopic (exact) mass is 352 g/mol. The lowest BCUT2D eigenvalue weighted by atomic mass is 9.97. The second kappa shape index (κ2) is 7.48. The fraction of sp³-hybridized carbons (Fsp3) is 0.381. The third kappa shape index (κ3) is 3.59. The van der Waals surface area contributed by atoms with E-state index in [1.54, 1.807) is 7.11 Å². The predicted octanol–water partition coefficient (Wildman–Crippen LogP) is 3.24. The molecule has 2 aromatic carbocycles. The Labute approximate surface area is 153 Å². The van der Waals surface area contributed by atoms with Crippen molar-refractivity contribution in [3.8, 4) is 5.75 Å². The number of carbonyl (C=O) groups is 1. The van der Waals surface area contributed by atoms with Gasteiger partial charge in [-0.2, -0.15) is 0 Å². The summed E-state index contributed by atoms with van der Waals surface area (Å²) in [6.45, 7) is 1.45. The second-order valence-corrected chi connectivity index (χ2v) is 6.84. The van der Waals surface area contributed by atoms with Gasteiger partial charge in [-0.05, 0) is 30.5 Å². The van der Waals surface area contributed by atoms with E-state index < -0.39 is 6.10 Å². The smallest absolute Gasteiger partial charge is 0.255 e. The van der Waals surface area contributed by atoms with Crippen molar-refractivity contribution in [3.05, 3.63) is 60.2 Å². The number of nitrogens with zero attached hydrogens (tertiary/aromatic N) is 1. The molecule has 0 bridgehead atoms. The molecule has 0 radical (unpaired) electrons. The molecule has 1 N–H and O–H groups in total. The van der Waals surface area contributed by atoms with Crippen LogP contribution in [0.4, 0.5) is 5.69 Å². The first-order valence-corrected chi connectivity index (χ1v) is 9.13. The van der Waals surface area contributed by atoms with Crippen LogP contribution in [0.25, 0.3) is 0 Å². The van der Waals surface area contributed by atoms with Crippen molar-refractivity contribution in [3.63, 3.8) is 0 Å². The van der Waals surface area contributed by atoms with Gasteiger partial charge in [-0.3, -0.25) is 9.69 Å². The summed E-state index contributed by atoms with van der Waals surface area (Å²) in [5, 5.41) is 3.00. The number of anilines is 1. The highest BCUT2D eigenvalue weighted by atomic mass is 16.5. The van der Waals surface area contributed by atoms with Crippen LogP contribution in [0.1, 0.15) is 24.4 Å². The van der Waals surface area contributed by atoms with Crippen molar-refractivity contribution >= 4 is 11.6 Å². The Balaban J connectivity index is 1.58. The molecular weight excluding hydrogens is 328 g/mol. The summed E-state index contributed by atoms with van der Waals surface area (Å²) in [6, 6.07) is 18.1. The van der Waals surface area contributed by atoms with Crippen LogP contribution >= 0.6 is 0 Å². The SMILES string of the molecule is COc1cccc(NC(=O)[C@@H]2OCCN(C3CC3)[C@H]2c2ccccc2)c1. The molecule has 0 aromatic heterocycles. The Morgan fingerprint density at radius 3 is 2.69 bits per heavy atom. The number of carbonyl (C=O) groups excluding carboxylic acids is 1. The normalized spacial score (nSPS) is 23.4. The van der Waals surface area contributed by atoms with E-state index >= 15 is 0 Å². The first kappa shape index (κ1) is 17.1. The second-order valence-electron chi connectivity index (χ2n) is 6.84. The molecule has 1 saturated carbocycles. The Kier molecular flexibility index (Phi) is 4.91. The molecule has 1 heterocycles. The summed E-state index contributed by atoms with van der Waals surface area (Å²) in [5.74, 6) is 0.601. The van der Waals surface area contributed by atoms with Crippen molar-refractivity contribution < 1.29 is 14.3 Å². The van der Waals surface area contributed by atoms with Gasteiger partial charge >= 0.3 is 0 Å². The molecule has 1 amide bonds. The molecule has 4 rings (SSSR count). The van der Waals surface area contributed by atoms with E-state index in [2.05, 4.69) is 22.3 Å². The van der Waals surface area contributed by atoms with E-state index in [-0.39, 0.29) is 11.9 Å². The molecule has 26 heavy (non-hydrogen) atoms. The molecule has 5 heteroatoms. The average Bonchev–Trinajstić information content (AvgIpc) is 3.53. The van der Waals surface area contributed by atoms with Gasteiger partial charge in [-0.15, -0.1) is 0 Å². The van der Waals surface area contributed by atoms with Gasteiger partial charge in [0.1, 0.15) is 5.75 Å². The summed E-state index contributed by atoms with van der Waals surface area (Å²) < 4.78 is 11.2. The molecule has 1 saturated heterocycles. The molecule has 2 aromatic rings. The predicted molar refractivity (Wildman–Crippen MR) is 100 cm³/mol. The molecule has 0 spiro atoms. The number of nitrogens with one attached hydrogen (secondary N) is 1. The molecule has 2 aliphatic rings. The maximum atomic E-state index is 13.0. The minimum Gasteiger partial charge on any atom is -0.497 e. The van der Waals surface area contributed by atoms with Crippen LogP contribution in [-0.2, 0) is 9.53 Å². The minimum atomic E-state index is -0.530. The highest BCUT2D eigenvalue weighted by Gasteiger charge is 2.44. The van der Waals surface area contributed by atoms with E-state index in [9.17, 15) is 4.79 Å². The number of rotatable bonds is 5. The van der Waals surface area contributed by atoms with Crippen LogP contribution < -0.4 is 10.1 Å². The summed E-state index contributed by atoms with van der Waals surface area (Å²) in [7, 11) is 1.62. The fourth-order valence-corrected chi connectivity index (χ4v) is 3.65. The molecule has 1 aliphatic carbocycles. The van der Waals surface area contributed by atoms with Gasteiger partial charge in [0.15, 0.2) is 6.10 Å². The Morgan fingerprint density at radius 1 is 1.15 bits per heavy atom. The van der Waals surface area contributed by atoms with Crippen molar-refractivity contribution in [2.45, 2.75) is 31.0 Å². The average molecular weight is 352 g/mol. The maximum Gasteiger partial charge on any atom is 0.255 e. The molecule has 0 unspecified atom stereocenters. The Bertz CT molecular complexity index is 761. The van der Waals surface area contributed by atoms with Crippen LogP contribution in [0, 0.1) is 0 Å². The quantitative estimate of drug-likeness (QED) is 0.898. The largest absolute Gasteiger partial charge is 0.497 e. The van der Waals surface area contributed by atoms with Gasteiger partial charge < -0.3 is 14.8 Å². The summed E-state index contributed by atoms with van der Waals surface area (Å²) in [6.07, 6.45) is 1.87. The van der Waals surface area contributed by atoms with Gasteiger partial charge in [0, 0.05) is 24.3 Å². The van der Waals surface area contributed by atoms with Gasteiger partial charge in [-0.1, -0.05) is 36.4 Å². The zero-order valence-corrected chi connectivity index (χ0v) is 14.9. The lowest BCUT2D eigenvalue weighted by molar-refractivity contribution is -0.141. The van der Waals surface area contributed by atoms with Crippen LogP contribution in [0.2, 0.25) is 0 Å². The van der Waals surface area contributed by atoms with Crippen molar-refractivity contribution in [2.75, 3.05) is 25.6 Å². The zero-order valence-electron chi connectivity index (χ0n) is 14.9. The molecule has 1 aliphatic heterocycles. The first-order chi connectivity index (χ1) is 12.8. The minimum absolute atomic E-state index is 0.0527. The third-order valence-corrected chi connectivity index (χ3v) is 5.04. The third-order valence-electron chi connectivity index (χ3n) is 5.04. The van der Waals surface area contributed by atoms with Gasteiger partial charge in [0.25, 0.3) is 5.91 Å². The van der Waals surface area contributed by atoms with E-state index in [1.807, 2.05) is 42.5 Å². The van der Waals surface area contributed by atoms with Crippen LogP contribution in [-0.4, -0.2) is 43.2 Å². The molecular formula is C21H24N2O3. The van der Waals surface area contributed by atoms with E-state index in [0.29, 0.717) is 24.1 Å². The highest BCUT2D eigenvalue weighted by Crippen LogP contribution is 2.39. The fourth-order valence-electron chi connectivity index (χ4n) is 3.65. The number of hydrogen-bond donors (Lipinski definition) is 1. The number of amides is 1. The van der Waals surface area contributed by atoms with Crippen LogP contribution in [0.3, 0.4) is 0 Å². The summed E-state index contributed by atoms with van der Waals surface area (Å²) in [4.78, 5) is 15.5. The lowest BCUT2D eigenvalue weighted by Crippen LogP contribution is -2.51. The van der Waals surface area contributed by atoms with E-state index in [4.69, 9.17) is 9.47 Å². The van der Waals surface area contributed by atoms with Gasteiger partial charge in [0.2, 0.25) is 0 Å². The number of morpholine rings is 1. The molecule has 136 valence electrons. The summed E-state index contributed by atoms with van der Waals surface area (Å²) >= 11 is 0. The molecule has 2 fully saturated rings. The highest BCUT2D eigenvalue weighted by molar-refractivity contribution is 5.95. The number of ether oxygens (including phenoxy) is 2. The van der Waals surface area contributed by atoms with Gasteiger partial charge in [-0.25, -0.2) is 0 Å². The number of benzene rings is 2. The maximum absolute atomic E-state index is 13.0. The van der Waals surface area contributed by atoms with Crippen molar-refractivity contribution in [1.82, 2.24) is 4.90 Å².